The van der Waals surface area contributed by atoms with Crippen molar-refractivity contribution in [3.63, 3.8) is 0 Å². The summed E-state index contributed by atoms with van der Waals surface area (Å²) in [7, 11) is 0. The molecule has 0 saturated carbocycles. The first-order chi connectivity index (χ1) is 10.1. The summed E-state index contributed by atoms with van der Waals surface area (Å²) in [5.74, 6) is -0.796. The molecule has 1 aliphatic heterocycles. The molecule has 0 radical (unpaired) electrons. The van der Waals surface area contributed by atoms with Crippen molar-refractivity contribution in [1.82, 2.24) is 4.90 Å². The van der Waals surface area contributed by atoms with Gasteiger partial charge in [0.25, 0.3) is 0 Å². The van der Waals surface area contributed by atoms with Crippen LogP contribution in [0.2, 0.25) is 0 Å². The number of aliphatic carboxylic acids is 1. The lowest BCUT2D eigenvalue weighted by Crippen LogP contribution is -2.43. The van der Waals surface area contributed by atoms with Crippen molar-refractivity contribution in [2.75, 3.05) is 6.54 Å². The van der Waals surface area contributed by atoms with E-state index < -0.39 is 5.97 Å². The first kappa shape index (κ1) is 15.8. The van der Waals surface area contributed by atoms with Crippen molar-refractivity contribution in [2.24, 2.45) is 0 Å². The molecule has 1 amide bonds. The lowest BCUT2D eigenvalue weighted by Gasteiger charge is -2.35. The predicted molar refractivity (Wildman–Crippen MR) is 84.3 cm³/mol. The summed E-state index contributed by atoms with van der Waals surface area (Å²) in [5.41, 5.74) is 1.17. The van der Waals surface area contributed by atoms with E-state index in [9.17, 15) is 9.59 Å². The standard InChI is InChI=1S/C16H21NO3S/c1-12-9-11-21-14(12)6-7-15(18)17-10-3-2-4-13(17)5-8-16(19)20/h6-7,9,11,13H,2-5,8,10H2,1H3,(H,19,20). The molecule has 1 unspecified atom stereocenters. The van der Waals surface area contributed by atoms with E-state index in [4.69, 9.17) is 5.11 Å². The van der Waals surface area contributed by atoms with E-state index in [2.05, 4.69) is 0 Å². The molecule has 0 aliphatic carbocycles. The van der Waals surface area contributed by atoms with Gasteiger partial charge in [-0.05, 0) is 55.7 Å². The fourth-order valence-electron chi connectivity index (χ4n) is 2.68. The average Bonchev–Trinajstić information content (AvgIpc) is 2.88. The van der Waals surface area contributed by atoms with E-state index in [1.807, 2.05) is 29.3 Å². The number of hydrogen-bond donors (Lipinski definition) is 1. The minimum Gasteiger partial charge on any atom is -0.481 e. The largest absolute Gasteiger partial charge is 0.481 e. The Morgan fingerprint density at radius 3 is 2.95 bits per heavy atom. The topological polar surface area (TPSA) is 57.6 Å². The van der Waals surface area contributed by atoms with E-state index in [0.717, 1.165) is 30.7 Å². The van der Waals surface area contributed by atoms with Gasteiger partial charge in [0.15, 0.2) is 0 Å². The van der Waals surface area contributed by atoms with Crippen molar-refractivity contribution in [2.45, 2.75) is 45.1 Å². The quantitative estimate of drug-likeness (QED) is 0.849. The molecule has 1 aromatic rings. The molecule has 4 nitrogen and oxygen atoms in total. The second kappa shape index (κ2) is 7.41. The number of carbonyl (C=O) groups excluding carboxylic acids is 1. The fourth-order valence-corrected chi connectivity index (χ4v) is 3.50. The molecule has 0 bridgehead atoms. The van der Waals surface area contributed by atoms with Crippen LogP contribution in [0.1, 0.15) is 42.5 Å². The molecule has 1 aliphatic rings. The number of carboxylic acids is 1. The molecule has 5 heteroatoms. The molecule has 2 rings (SSSR count). The Hall–Kier alpha value is -1.62. The Bertz CT molecular complexity index is 535. The van der Waals surface area contributed by atoms with Crippen molar-refractivity contribution >= 4 is 29.3 Å². The molecule has 21 heavy (non-hydrogen) atoms. The Morgan fingerprint density at radius 2 is 2.29 bits per heavy atom. The van der Waals surface area contributed by atoms with Crippen molar-refractivity contribution < 1.29 is 14.7 Å². The molecule has 2 heterocycles. The minimum atomic E-state index is -0.794. The number of carboxylic acid groups (broad SMARTS) is 1. The first-order valence-corrected chi connectivity index (χ1v) is 8.20. The third-order valence-electron chi connectivity index (χ3n) is 3.88. The summed E-state index contributed by atoms with van der Waals surface area (Å²) in [6, 6.07) is 2.10. The highest BCUT2D eigenvalue weighted by Gasteiger charge is 2.25. The van der Waals surface area contributed by atoms with Crippen molar-refractivity contribution in [1.29, 1.82) is 0 Å². The van der Waals surface area contributed by atoms with Gasteiger partial charge in [0.1, 0.15) is 0 Å². The number of rotatable bonds is 5. The number of hydrogen-bond acceptors (Lipinski definition) is 3. The highest BCUT2D eigenvalue weighted by atomic mass is 32.1. The number of piperidine rings is 1. The van der Waals surface area contributed by atoms with Crippen LogP contribution in [0.4, 0.5) is 0 Å². The summed E-state index contributed by atoms with van der Waals surface area (Å²) in [6.45, 7) is 2.76. The van der Waals surface area contributed by atoms with Crippen LogP contribution in [0.5, 0.6) is 0 Å². The maximum absolute atomic E-state index is 12.4. The molecule has 0 aromatic carbocycles. The predicted octanol–water partition coefficient (Wildman–Crippen LogP) is 3.32. The van der Waals surface area contributed by atoms with Crippen molar-refractivity contribution in [3.8, 4) is 0 Å². The van der Waals surface area contributed by atoms with Gasteiger partial charge in [0, 0.05) is 30.0 Å². The second-order valence-corrected chi connectivity index (χ2v) is 6.36. The Morgan fingerprint density at radius 1 is 1.48 bits per heavy atom. The number of thiophene rings is 1. The third-order valence-corrected chi connectivity index (χ3v) is 4.86. The highest BCUT2D eigenvalue weighted by molar-refractivity contribution is 7.11. The average molecular weight is 307 g/mol. The monoisotopic (exact) mass is 307 g/mol. The summed E-state index contributed by atoms with van der Waals surface area (Å²) in [6.07, 6.45) is 7.14. The Labute approximate surface area is 129 Å². The van der Waals surface area contributed by atoms with Gasteiger partial charge in [0.2, 0.25) is 5.91 Å². The smallest absolute Gasteiger partial charge is 0.303 e. The molecule has 1 atom stereocenters. The maximum Gasteiger partial charge on any atom is 0.303 e. The molecule has 0 spiro atoms. The number of likely N-dealkylation sites (tertiary alicyclic amines) is 1. The van der Waals surface area contributed by atoms with Crippen molar-refractivity contribution in [3.05, 3.63) is 28.0 Å². The van der Waals surface area contributed by atoms with Crippen LogP contribution in [0.25, 0.3) is 6.08 Å². The van der Waals surface area contributed by atoms with Gasteiger partial charge in [-0.25, -0.2) is 0 Å². The molecular weight excluding hydrogens is 286 g/mol. The number of aryl methyl sites for hydroxylation is 1. The Balaban J connectivity index is 1.99. The molecule has 1 aromatic heterocycles. The van der Waals surface area contributed by atoms with Gasteiger partial charge in [-0.15, -0.1) is 11.3 Å². The van der Waals surface area contributed by atoms with E-state index in [1.165, 1.54) is 5.56 Å². The lowest BCUT2D eigenvalue weighted by molar-refractivity contribution is -0.138. The van der Waals surface area contributed by atoms with E-state index in [0.29, 0.717) is 6.42 Å². The van der Waals surface area contributed by atoms with Crippen LogP contribution in [0.3, 0.4) is 0 Å². The maximum atomic E-state index is 12.4. The molecule has 1 saturated heterocycles. The van der Waals surface area contributed by atoms with Crippen LogP contribution in [-0.2, 0) is 9.59 Å². The second-order valence-electron chi connectivity index (χ2n) is 5.41. The zero-order valence-corrected chi connectivity index (χ0v) is 13.1. The summed E-state index contributed by atoms with van der Waals surface area (Å²) in [4.78, 5) is 26.0. The Kier molecular flexibility index (Phi) is 5.56. The summed E-state index contributed by atoms with van der Waals surface area (Å²) < 4.78 is 0. The molecule has 114 valence electrons. The van der Waals surface area contributed by atoms with Gasteiger partial charge in [-0.3, -0.25) is 9.59 Å². The first-order valence-electron chi connectivity index (χ1n) is 7.32. The highest BCUT2D eigenvalue weighted by Crippen LogP contribution is 2.22. The number of nitrogens with zero attached hydrogens (tertiary/aromatic N) is 1. The number of amides is 1. The molecule has 1 fully saturated rings. The van der Waals surface area contributed by atoms with E-state index >= 15 is 0 Å². The van der Waals surface area contributed by atoms with Gasteiger partial charge in [-0.2, -0.15) is 0 Å². The van der Waals surface area contributed by atoms with Crippen LogP contribution in [-0.4, -0.2) is 34.5 Å². The van der Waals surface area contributed by atoms with Crippen LogP contribution < -0.4 is 0 Å². The van der Waals surface area contributed by atoms with Crippen LogP contribution in [0, 0.1) is 6.92 Å². The SMILES string of the molecule is Cc1ccsc1C=CC(=O)N1CCCCC1CCC(=O)O. The van der Waals surface area contributed by atoms with E-state index in [1.54, 1.807) is 17.4 Å². The zero-order chi connectivity index (χ0) is 15.2. The summed E-state index contributed by atoms with van der Waals surface area (Å²) in [5, 5.41) is 10.8. The lowest BCUT2D eigenvalue weighted by atomic mass is 9.98. The van der Waals surface area contributed by atoms with Gasteiger partial charge in [0.05, 0.1) is 0 Å². The van der Waals surface area contributed by atoms with Crippen LogP contribution >= 0.6 is 11.3 Å². The molecular formula is C16H21NO3S. The van der Waals surface area contributed by atoms with E-state index in [-0.39, 0.29) is 18.4 Å². The minimum absolute atomic E-state index is 0.00195. The molecule has 1 N–H and O–H groups in total. The third kappa shape index (κ3) is 4.43. The van der Waals surface area contributed by atoms with Crippen LogP contribution in [0.15, 0.2) is 17.5 Å². The zero-order valence-electron chi connectivity index (χ0n) is 12.2. The normalized spacial score (nSPS) is 19.1. The van der Waals surface area contributed by atoms with Gasteiger partial charge < -0.3 is 10.0 Å². The fraction of sp³-hybridized carbons (Fsp3) is 0.500. The van der Waals surface area contributed by atoms with Gasteiger partial charge >= 0.3 is 5.97 Å². The van der Waals surface area contributed by atoms with Gasteiger partial charge in [-0.1, -0.05) is 0 Å². The number of carbonyl (C=O) groups is 2. The summed E-state index contributed by atoms with van der Waals surface area (Å²) >= 11 is 1.62.